The molecule has 0 fully saturated rings. The Kier molecular flexibility index (Phi) is 4.13. The number of aryl methyl sites for hydroxylation is 4. The molecule has 0 aliphatic carbocycles. The quantitative estimate of drug-likeness (QED) is 0.584. The first-order chi connectivity index (χ1) is 12.6. The second kappa shape index (κ2) is 6.59. The summed E-state index contributed by atoms with van der Waals surface area (Å²) < 4.78 is 0. The standard InChI is InChI=1S/C21H20N4O/c1-13-10-17(20(26)19-18(13)24-14(2)25-19)21-22-11-16(12-23-21)9-8-15-6-4-3-5-7-15/h3-7,10-12,26H,8-9H2,1-2H3,(H,24,25). The van der Waals surface area contributed by atoms with Crippen LogP contribution in [-0.4, -0.2) is 25.0 Å². The Balaban J connectivity index is 1.61. The molecule has 2 aromatic carbocycles. The highest BCUT2D eigenvalue weighted by molar-refractivity contribution is 5.91. The molecule has 0 saturated carbocycles. The molecule has 5 nitrogen and oxygen atoms in total. The Morgan fingerprint density at radius 1 is 0.962 bits per heavy atom. The van der Waals surface area contributed by atoms with Gasteiger partial charge in [0.25, 0.3) is 0 Å². The fourth-order valence-electron chi connectivity index (χ4n) is 3.16. The molecule has 26 heavy (non-hydrogen) atoms. The van der Waals surface area contributed by atoms with Crippen LogP contribution in [0.3, 0.4) is 0 Å². The highest BCUT2D eigenvalue weighted by atomic mass is 16.3. The van der Waals surface area contributed by atoms with E-state index < -0.39 is 0 Å². The highest BCUT2D eigenvalue weighted by Crippen LogP contribution is 2.35. The number of aromatic nitrogens is 4. The van der Waals surface area contributed by atoms with Crippen LogP contribution in [0.15, 0.2) is 48.8 Å². The molecule has 0 atom stereocenters. The van der Waals surface area contributed by atoms with E-state index in [4.69, 9.17) is 0 Å². The molecule has 4 rings (SSSR count). The Labute approximate surface area is 151 Å². The molecule has 0 amide bonds. The average molecular weight is 344 g/mol. The zero-order chi connectivity index (χ0) is 18.1. The van der Waals surface area contributed by atoms with Gasteiger partial charge in [0, 0.05) is 12.4 Å². The molecule has 2 heterocycles. The van der Waals surface area contributed by atoms with Crippen LogP contribution in [-0.2, 0) is 12.8 Å². The SMILES string of the molecule is Cc1nc2c(C)cc(-c3ncc(CCc4ccccc4)cn3)c(O)c2[nH]1. The van der Waals surface area contributed by atoms with E-state index in [0.29, 0.717) is 16.9 Å². The number of aromatic amines is 1. The molecule has 0 aliphatic heterocycles. The number of fused-ring (bicyclic) bond motifs is 1. The molecule has 2 N–H and O–H groups in total. The third-order valence-electron chi connectivity index (χ3n) is 4.54. The highest BCUT2D eigenvalue weighted by Gasteiger charge is 2.16. The molecule has 0 saturated heterocycles. The van der Waals surface area contributed by atoms with E-state index in [-0.39, 0.29) is 5.75 Å². The van der Waals surface area contributed by atoms with Crippen LogP contribution in [0.1, 0.15) is 22.5 Å². The van der Waals surface area contributed by atoms with Crippen LogP contribution in [0.5, 0.6) is 5.75 Å². The second-order valence-electron chi connectivity index (χ2n) is 6.54. The van der Waals surface area contributed by atoms with Crippen molar-refractivity contribution in [2.24, 2.45) is 0 Å². The molecule has 0 bridgehead atoms. The van der Waals surface area contributed by atoms with Crippen LogP contribution in [0, 0.1) is 13.8 Å². The third-order valence-corrected chi connectivity index (χ3v) is 4.54. The van der Waals surface area contributed by atoms with Crippen LogP contribution < -0.4 is 0 Å². The largest absolute Gasteiger partial charge is 0.505 e. The summed E-state index contributed by atoms with van der Waals surface area (Å²) >= 11 is 0. The van der Waals surface area contributed by atoms with E-state index in [1.54, 1.807) is 0 Å². The lowest BCUT2D eigenvalue weighted by atomic mass is 10.1. The lowest BCUT2D eigenvalue weighted by molar-refractivity contribution is 0.482. The normalized spacial score (nSPS) is 11.2. The van der Waals surface area contributed by atoms with Gasteiger partial charge in [0.15, 0.2) is 11.6 Å². The summed E-state index contributed by atoms with van der Waals surface area (Å²) in [6.07, 6.45) is 5.51. The van der Waals surface area contributed by atoms with E-state index in [1.807, 2.05) is 50.5 Å². The first-order valence-electron chi connectivity index (χ1n) is 8.66. The van der Waals surface area contributed by atoms with Crippen molar-refractivity contribution in [1.29, 1.82) is 0 Å². The minimum Gasteiger partial charge on any atom is -0.505 e. The second-order valence-corrected chi connectivity index (χ2v) is 6.54. The van der Waals surface area contributed by atoms with E-state index in [1.165, 1.54) is 5.56 Å². The lowest BCUT2D eigenvalue weighted by Gasteiger charge is -2.07. The minimum atomic E-state index is 0.142. The van der Waals surface area contributed by atoms with Crippen LogP contribution in [0.25, 0.3) is 22.4 Å². The van der Waals surface area contributed by atoms with Crippen molar-refractivity contribution in [3.63, 3.8) is 0 Å². The average Bonchev–Trinajstić information content (AvgIpc) is 3.07. The molecule has 0 spiro atoms. The number of nitrogens with zero attached hydrogens (tertiary/aromatic N) is 3. The molecule has 2 aromatic heterocycles. The summed E-state index contributed by atoms with van der Waals surface area (Å²) in [7, 11) is 0. The Morgan fingerprint density at radius 3 is 2.38 bits per heavy atom. The monoisotopic (exact) mass is 344 g/mol. The summed E-state index contributed by atoms with van der Waals surface area (Å²) in [6.45, 7) is 3.84. The third kappa shape index (κ3) is 3.04. The molecule has 0 radical (unpaired) electrons. The molecule has 0 aliphatic rings. The molecule has 0 unspecified atom stereocenters. The number of benzene rings is 2. The number of phenolic OH excluding ortho intramolecular Hbond substituents is 1. The number of aromatic hydroxyl groups is 1. The zero-order valence-corrected chi connectivity index (χ0v) is 14.8. The smallest absolute Gasteiger partial charge is 0.162 e. The van der Waals surface area contributed by atoms with E-state index in [0.717, 1.165) is 35.3 Å². The summed E-state index contributed by atoms with van der Waals surface area (Å²) in [6, 6.07) is 12.3. The number of hydrogen-bond acceptors (Lipinski definition) is 4. The number of H-pyrrole nitrogens is 1. The van der Waals surface area contributed by atoms with Gasteiger partial charge in [0.05, 0.1) is 11.1 Å². The van der Waals surface area contributed by atoms with E-state index >= 15 is 0 Å². The summed E-state index contributed by atoms with van der Waals surface area (Å²) in [5, 5.41) is 10.6. The van der Waals surface area contributed by atoms with Gasteiger partial charge < -0.3 is 10.1 Å². The van der Waals surface area contributed by atoms with Crippen LogP contribution in [0.4, 0.5) is 0 Å². The van der Waals surface area contributed by atoms with Gasteiger partial charge in [-0.2, -0.15) is 0 Å². The Bertz CT molecular complexity index is 1050. The molecular formula is C21H20N4O. The maximum Gasteiger partial charge on any atom is 0.162 e. The van der Waals surface area contributed by atoms with Gasteiger partial charge >= 0.3 is 0 Å². The van der Waals surface area contributed by atoms with Crippen molar-refractivity contribution in [3.05, 3.63) is 71.3 Å². The fraction of sp³-hybridized carbons (Fsp3) is 0.190. The maximum absolute atomic E-state index is 10.6. The lowest BCUT2D eigenvalue weighted by Crippen LogP contribution is -1.96. The first kappa shape index (κ1) is 16.3. The van der Waals surface area contributed by atoms with Crippen molar-refractivity contribution in [1.82, 2.24) is 19.9 Å². The van der Waals surface area contributed by atoms with Crippen molar-refractivity contribution in [3.8, 4) is 17.1 Å². The number of hydrogen-bond donors (Lipinski definition) is 2. The van der Waals surface area contributed by atoms with Crippen molar-refractivity contribution in [2.45, 2.75) is 26.7 Å². The van der Waals surface area contributed by atoms with Crippen molar-refractivity contribution in [2.75, 3.05) is 0 Å². The number of rotatable bonds is 4. The fourth-order valence-corrected chi connectivity index (χ4v) is 3.16. The summed E-state index contributed by atoms with van der Waals surface area (Å²) in [4.78, 5) is 16.5. The molecule has 130 valence electrons. The maximum atomic E-state index is 10.6. The van der Waals surface area contributed by atoms with Gasteiger partial charge in [0.2, 0.25) is 0 Å². The molecule has 5 heteroatoms. The number of nitrogens with one attached hydrogen (secondary N) is 1. The number of phenols is 1. The van der Waals surface area contributed by atoms with Crippen molar-refractivity contribution < 1.29 is 5.11 Å². The van der Waals surface area contributed by atoms with Crippen molar-refractivity contribution >= 4 is 11.0 Å². The van der Waals surface area contributed by atoms with Gasteiger partial charge in [-0.25, -0.2) is 15.0 Å². The predicted molar refractivity (Wildman–Crippen MR) is 102 cm³/mol. The Hall–Kier alpha value is -3.21. The van der Waals surface area contributed by atoms with Gasteiger partial charge in [-0.15, -0.1) is 0 Å². The van der Waals surface area contributed by atoms with Crippen LogP contribution >= 0.6 is 0 Å². The van der Waals surface area contributed by atoms with E-state index in [2.05, 4.69) is 32.1 Å². The number of imidazole rings is 1. The first-order valence-corrected chi connectivity index (χ1v) is 8.66. The summed E-state index contributed by atoms with van der Waals surface area (Å²) in [5.74, 6) is 1.43. The minimum absolute atomic E-state index is 0.142. The topological polar surface area (TPSA) is 74.7 Å². The van der Waals surface area contributed by atoms with Crippen LogP contribution in [0.2, 0.25) is 0 Å². The zero-order valence-electron chi connectivity index (χ0n) is 14.8. The predicted octanol–water partition coefficient (Wildman–Crippen LogP) is 4.13. The van der Waals surface area contributed by atoms with Gasteiger partial charge in [-0.1, -0.05) is 30.3 Å². The molecule has 4 aromatic rings. The van der Waals surface area contributed by atoms with Gasteiger partial charge in [0.1, 0.15) is 11.3 Å². The Morgan fingerprint density at radius 2 is 1.65 bits per heavy atom. The summed E-state index contributed by atoms with van der Waals surface area (Å²) in [5.41, 5.74) is 5.39. The van der Waals surface area contributed by atoms with Gasteiger partial charge in [-0.3, -0.25) is 0 Å². The van der Waals surface area contributed by atoms with Gasteiger partial charge in [-0.05, 0) is 49.4 Å². The molecular weight excluding hydrogens is 324 g/mol. The van der Waals surface area contributed by atoms with E-state index in [9.17, 15) is 5.11 Å².